The van der Waals surface area contributed by atoms with Crippen LogP contribution in [-0.4, -0.2) is 11.1 Å². The first kappa shape index (κ1) is 11.0. The summed E-state index contributed by atoms with van der Waals surface area (Å²) in [5, 5.41) is 9.33. The number of hydrogen-bond acceptors (Lipinski definition) is 2. The van der Waals surface area contributed by atoms with Gasteiger partial charge in [-0.1, -0.05) is 17.7 Å². The van der Waals surface area contributed by atoms with Crippen LogP contribution in [0.5, 0.6) is 0 Å². The SMILES string of the molecule is Cc1cc(Cl)c(C)c(C(N)C(=O)O)c1. The quantitative estimate of drug-likeness (QED) is 0.790. The van der Waals surface area contributed by atoms with Crippen molar-refractivity contribution in [1.29, 1.82) is 0 Å². The number of halogens is 1. The maximum atomic E-state index is 10.7. The highest BCUT2D eigenvalue weighted by Crippen LogP contribution is 2.25. The third kappa shape index (κ3) is 2.05. The Morgan fingerprint density at radius 1 is 1.50 bits per heavy atom. The molecule has 1 aromatic rings. The summed E-state index contributed by atoms with van der Waals surface area (Å²) >= 11 is 5.92. The van der Waals surface area contributed by atoms with Crippen LogP contribution < -0.4 is 5.73 Å². The summed E-state index contributed by atoms with van der Waals surface area (Å²) in [4.78, 5) is 10.7. The molecule has 0 heterocycles. The third-order valence-corrected chi connectivity index (χ3v) is 2.52. The topological polar surface area (TPSA) is 63.3 Å². The van der Waals surface area contributed by atoms with E-state index in [1.165, 1.54) is 0 Å². The Labute approximate surface area is 87.5 Å². The predicted molar refractivity (Wildman–Crippen MR) is 55.5 cm³/mol. The molecule has 3 nitrogen and oxygen atoms in total. The van der Waals surface area contributed by atoms with Crippen molar-refractivity contribution in [3.63, 3.8) is 0 Å². The molecule has 1 unspecified atom stereocenters. The first-order valence-corrected chi connectivity index (χ1v) is 4.56. The molecule has 0 aromatic heterocycles. The largest absolute Gasteiger partial charge is 0.480 e. The van der Waals surface area contributed by atoms with Crippen LogP contribution in [0.2, 0.25) is 5.02 Å². The molecule has 0 saturated carbocycles. The van der Waals surface area contributed by atoms with Gasteiger partial charge in [0.25, 0.3) is 0 Å². The second-order valence-corrected chi connectivity index (χ2v) is 3.68. The van der Waals surface area contributed by atoms with Crippen molar-refractivity contribution >= 4 is 17.6 Å². The average molecular weight is 214 g/mol. The number of aryl methyl sites for hydroxylation is 1. The van der Waals surface area contributed by atoms with Crippen LogP contribution >= 0.6 is 11.6 Å². The van der Waals surface area contributed by atoms with E-state index in [1.807, 2.05) is 6.92 Å². The number of benzene rings is 1. The molecule has 0 aliphatic rings. The number of carbonyl (C=O) groups is 1. The van der Waals surface area contributed by atoms with Gasteiger partial charge in [0.05, 0.1) is 0 Å². The molecule has 0 radical (unpaired) electrons. The summed E-state index contributed by atoms with van der Waals surface area (Å²) in [6.07, 6.45) is 0. The standard InChI is InChI=1S/C10H12ClNO2/c1-5-3-7(9(12)10(13)14)6(2)8(11)4-5/h3-4,9H,12H2,1-2H3,(H,13,14). The van der Waals surface area contributed by atoms with Crippen LogP contribution in [0, 0.1) is 13.8 Å². The minimum Gasteiger partial charge on any atom is -0.480 e. The summed E-state index contributed by atoms with van der Waals surface area (Å²) in [5.41, 5.74) is 7.73. The minimum absolute atomic E-state index is 0.553. The van der Waals surface area contributed by atoms with Crippen molar-refractivity contribution in [2.75, 3.05) is 0 Å². The van der Waals surface area contributed by atoms with Crippen LogP contribution in [0.4, 0.5) is 0 Å². The molecule has 1 atom stereocenters. The van der Waals surface area contributed by atoms with Crippen molar-refractivity contribution in [2.45, 2.75) is 19.9 Å². The van der Waals surface area contributed by atoms with E-state index in [1.54, 1.807) is 19.1 Å². The van der Waals surface area contributed by atoms with Gasteiger partial charge >= 0.3 is 5.97 Å². The average Bonchev–Trinajstić information content (AvgIpc) is 2.09. The van der Waals surface area contributed by atoms with Gasteiger partial charge in [0.1, 0.15) is 6.04 Å². The maximum absolute atomic E-state index is 10.7. The minimum atomic E-state index is -1.05. The normalized spacial score (nSPS) is 12.6. The smallest absolute Gasteiger partial charge is 0.325 e. The van der Waals surface area contributed by atoms with Crippen molar-refractivity contribution in [1.82, 2.24) is 0 Å². The van der Waals surface area contributed by atoms with Gasteiger partial charge in [-0.3, -0.25) is 4.79 Å². The van der Waals surface area contributed by atoms with Crippen LogP contribution in [0.3, 0.4) is 0 Å². The maximum Gasteiger partial charge on any atom is 0.325 e. The lowest BCUT2D eigenvalue weighted by Crippen LogP contribution is -2.21. The monoisotopic (exact) mass is 213 g/mol. The molecule has 1 rings (SSSR count). The molecule has 0 aliphatic carbocycles. The van der Waals surface area contributed by atoms with E-state index in [2.05, 4.69) is 0 Å². The Morgan fingerprint density at radius 3 is 2.57 bits per heavy atom. The van der Waals surface area contributed by atoms with Crippen molar-refractivity contribution in [3.8, 4) is 0 Å². The number of carboxylic acids is 1. The molecular formula is C10H12ClNO2. The van der Waals surface area contributed by atoms with Gasteiger partial charge in [-0.25, -0.2) is 0 Å². The molecule has 14 heavy (non-hydrogen) atoms. The van der Waals surface area contributed by atoms with E-state index < -0.39 is 12.0 Å². The van der Waals surface area contributed by atoms with E-state index in [9.17, 15) is 4.79 Å². The Kier molecular flexibility index (Phi) is 3.13. The Hall–Kier alpha value is -1.06. The lowest BCUT2D eigenvalue weighted by Gasteiger charge is -2.12. The second-order valence-electron chi connectivity index (χ2n) is 3.28. The summed E-state index contributed by atoms with van der Waals surface area (Å²) in [6, 6.07) is 2.53. The first-order chi connectivity index (χ1) is 6.43. The van der Waals surface area contributed by atoms with Gasteiger partial charge in [-0.2, -0.15) is 0 Å². The molecule has 0 spiro atoms. The number of carboxylic acid groups (broad SMARTS) is 1. The van der Waals surface area contributed by atoms with Crippen LogP contribution in [0.25, 0.3) is 0 Å². The first-order valence-electron chi connectivity index (χ1n) is 4.18. The Balaban J connectivity index is 3.26. The van der Waals surface area contributed by atoms with Crippen LogP contribution in [0.15, 0.2) is 12.1 Å². The Bertz CT molecular complexity index is 377. The van der Waals surface area contributed by atoms with Gasteiger partial charge in [-0.05, 0) is 36.6 Å². The molecule has 4 heteroatoms. The van der Waals surface area contributed by atoms with E-state index in [4.69, 9.17) is 22.4 Å². The third-order valence-electron chi connectivity index (χ3n) is 2.13. The lowest BCUT2D eigenvalue weighted by atomic mass is 9.99. The molecule has 0 fully saturated rings. The molecule has 0 aliphatic heterocycles. The molecule has 0 bridgehead atoms. The van der Waals surface area contributed by atoms with Crippen LogP contribution in [0.1, 0.15) is 22.7 Å². The summed E-state index contributed by atoms with van der Waals surface area (Å²) in [7, 11) is 0. The van der Waals surface area contributed by atoms with Gasteiger partial charge in [0, 0.05) is 5.02 Å². The lowest BCUT2D eigenvalue weighted by molar-refractivity contribution is -0.138. The number of nitrogens with two attached hydrogens (primary N) is 1. The molecule has 0 saturated heterocycles. The number of rotatable bonds is 2. The van der Waals surface area contributed by atoms with Gasteiger partial charge in [-0.15, -0.1) is 0 Å². The highest BCUT2D eigenvalue weighted by atomic mass is 35.5. The van der Waals surface area contributed by atoms with Gasteiger partial charge in [0.2, 0.25) is 0 Å². The number of aliphatic carboxylic acids is 1. The highest BCUT2D eigenvalue weighted by Gasteiger charge is 2.17. The van der Waals surface area contributed by atoms with Gasteiger partial charge < -0.3 is 10.8 Å². The Morgan fingerprint density at radius 2 is 2.07 bits per heavy atom. The van der Waals surface area contributed by atoms with Crippen molar-refractivity contribution in [3.05, 3.63) is 33.8 Å². The molecule has 1 aromatic carbocycles. The molecular weight excluding hydrogens is 202 g/mol. The van der Waals surface area contributed by atoms with E-state index in [-0.39, 0.29) is 0 Å². The number of hydrogen-bond donors (Lipinski definition) is 2. The molecule has 76 valence electrons. The zero-order chi connectivity index (χ0) is 10.9. The summed E-state index contributed by atoms with van der Waals surface area (Å²) in [5.74, 6) is -1.05. The van der Waals surface area contributed by atoms with E-state index in [0.717, 1.165) is 11.1 Å². The fourth-order valence-corrected chi connectivity index (χ4v) is 1.58. The molecule has 0 amide bonds. The molecule has 3 N–H and O–H groups in total. The fourth-order valence-electron chi connectivity index (χ4n) is 1.30. The second kappa shape index (κ2) is 3.98. The van der Waals surface area contributed by atoms with E-state index >= 15 is 0 Å². The van der Waals surface area contributed by atoms with Crippen molar-refractivity contribution < 1.29 is 9.90 Å². The highest BCUT2D eigenvalue weighted by molar-refractivity contribution is 6.31. The summed E-state index contributed by atoms with van der Waals surface area (Å²) in [6.45, 7) is 3.61. The van der Waals surface area contributed by atoms with Crippen LogP contribution in [-0.2, 0) is 4.79 Å². The van der Waals surface area contributed by atoms with E-state index in [0.29, 0.717) is 10.6 Å². The van der Waals surface area contributed by atoms with Crippen molar-refractivity contribution in [2.24, 2.45) is 5.73 Å². The summed E-state index contributed by atoms with van der Waals surface area (Å²) < 4.78 is 0. The fraction of sp³-hybridized carbons (Fsp3) is 0.300. The predicted octanol–water partition coefficient (Wildman–Crippen LogP) is 2.04. The zero-order valence-electron chi connectivity index (χ0n) is 8.04. The zero-order valence-corrected chi connectivity index (χ0v) is 8.80. The van der Waals surface area contributed by atoms with Gasteiger partial charge in [0.15, 0.2) is 0 Å².